The number of hydrogen-bond donors (Lipinski definition) is 2. The number of nitrogens with zero attached hydrogens (tertiary/aromatic N) is 1. The molecule has 2 rings (SSSR count). The Kier molecular flexibility index (Phi) is 7.63. The number of anilines is 1. The van der Waals surface area contributed by atoms with E-state index in [1.165, 1.54) is 13.3 Å². The SMILES string of the molecule is COc1ccc(C=NNC(=O)CCC(=O)Nc2cccc(Cl)c2)c(OC)c1. The average molecular weight is 390 g/mol. The summed E-state index contributed by atoms with van der Waals surface area (Å²) in [6.07, 6.45) is 1.49. The number of carbonyl (C=O) groups excluding carboxylic acids is 2. The van der Waals surface area contributed by atoms with Crippen molar-refractivity contribution in [1.29, 1.82) is 0 Å². The first-order valence-electron chi connectivity index (χ1n) is 8.11. The highest BCUT2D eigenvalue weighted by Gasteiger charge is 2.07. The van der Waals surface area contributed by atoms with Gasteiger partial charge in [0.15, 0.2) is 0 Å². The van der Waals surface area contributed by atoms with Crippen LogP contribution in [0.2, 0.25) is 5.02 Å². The fourth-order valence-electron chi connectivity index (χ4n) is 2.17. The molecule has 2 aromatic carbocycles. The summed E-state index contributed by atoms with van der Waals surface area (Å²) >= 11 is 5.85. The van der Waals surface area contributed by atoms with Gasteiger partial charge < -0.3 is 14.8 Å². The molecule has 142 valence electrons. The van der Waals surface area contributed by atoms with Gasteiger partial charge in [-0.25, -0.2) is 5.43 Å². The third kappa shape index (κ3) is 6.63. The zero-order valence-electron chi connectivity index (χ0n) is 15.0. The van der Waals surface area contributed by atoms with Crippen LogP contribution in [-0.4, -0.2) is 32.2 Å². The molecular weight excluding hydrogens is 370 g/mol. The zero-order valence-corrected chi connectivity index (χ0v) is 15.7. The van der Waals surface area contributed by atoms with Crippen LogP contribution in [0.4, 0.5) is 5.69 Å². The van der Waals surface area contributed by atoms with Gasteiger partial charge in [-0.1, -0.05) is 17.7 Å². The topological polar surface area (TPSA) is 89.0 Å². The van der Waals surface area contributed by atoms with Crippen LogP contribution in [-0.2, 0) is 9.59 Å². The van der Waals surface area contributed by atoms with E-state index in [-0.39, 0.29) is 24.7 Å². The lowest BCUT2D eigenvalue weighted by molar-refractivity contribution is -0.124. The smallest absolute Gasteiger partial charge is 0.240 e. The number of carbonyl (C=O) groups is 2. The molecular formula is C19H20ClN3O4. The third-order valence-electron chi connectivity index (χ3n) is 3.52. The number of benzene rings is 2. The molecule has 0 aliphatic carbocycles. The Hall–Kier alpha value is -3.06. The van der Waals surface area contributed by atoms with Gasteiger partial charge in [0.1, 0.15) is 11.5 Å². The van der Waals surface area contributed by atoms with Crippen molar-refractivity contribution in [2.24, 2.45) is 5.10 Å². The summed E-state index contributed by atoms with van der Waals surface area (Å²) in [5.41, 5.74) is 3.64. The molecule has 0 aliphatic rings. The Labute approximate surface area is 162 Å². The fraction of sp³-hybridized carbons (Fsp3) is 0.211. The Morgan fingerprint density at radius 1 is 1.07 bits per heavy atom. The van der Waals surface area contributed by atoms with Crippen molar-refractivity contribution in [2.75, 3.05) is 19.5 Å². The van der Waals surface area contributed by atoms with E-state index in [0.717, 1.165) is 0 Å². The van der Waals surface area contributed by atoms with Gasteiger partial charge in [-0.15, -0.1) is 0 Å². The molecule has 0 heterocycles. The monoisotopic (exact) mass is 389 g/mol. The molecule has 0 unspecified atom stereocenters. The Balaban J connectivity index is 1.80. The van der Waals surface area contributed by atoms with Crippen LogP contribution in [0.1, 0.15) is 18.4 Å². The van der Waals surface area contributed by atoms with Crippen LogP contribution in [0.5, 0.6) is 11.5 Å². The second-order valence-corrected chi connectivity index (χ2v) is 5.90. The summed E-state index contributed by atoms with van der Waals surface area (Å²) < 4.78 is 10.4. The van der Waals surface area contributed by atoms with Gasteiger partial charge >= 0.3 is 0 Å². The number of halogens is 1. The van der Waals surface area contributed by atoms with Crippen LogP contribution < -0.4 is 20.2 Å². The van der Waals surface area contributed by atoms with Crippen LogP contribution in [0.15, 0.2) is 47.6 Å². The molecule has 0 fully saturated rings. The highest BCUT2D eigenvalue weighted by atomic mass is 35.5. The van der Waals surface area contributed by atoms with Crippen LogP contribution >= 0.6 is 11.6 Å². The van der Waals surface area contributed by atoms with Crippen molar-refractivity contribution in [3.05, 3.63) is 53.1 Å². The summed E-state index contributed by atoms with van der Waals surface area (Å²) in [5, 5.41) is 7.08. The number of ether oxygens (including phenoxy) is 2. The number of methoxy groups -OCH3 is 2. The second-order valence-electron chi connectivity index (χ2n) is 5.46. The lowest BCUT2D eigenvalue weighted by Gasteiger charge is -2.07. The van der Waals surface area contributed by atoms with Crippen LogP contribution in [0.25, 0.3) is 0 Å². The first-order valence-corrected chi connectivity index (χ1v) is 8.49. The maximum absolute atomic E-state index is 11.9. The predicted molar refractivity (Wildman–Crippen MR) is 105 cm³/mol. The molecule has 0 spiro atoms. The van der Waals surface area contributed by atoms with Gasteiger partial charge in [0.2, 0.25) is 11.8 Å². The third-order valence-corrected chi connectivity index (χ3v) is 3.76. The zero-order chi connectivity index (χ0) is 19.6. The Morgan fingerprint density at radius 2 is 1.85 bits per heavy atom. The number of hydrazone groups is 1. The summed E-state index contributed by atoms with van der Waals surface area (Å²) in [6, 6.07) is 12.0. The summed E-state index contributed by atoms with van der Waals surface area (Å²) in [4.78, 5) is 23.7. The fourth-order valence-corrected chi connectivity index (χ4v) is 2.36. The van der Waals surface area contributed by atoms with Crippen LogP contribution in [0, 0.1) is 0 Å². The maximum atomic E-state index is 11.9. The second kappa shape index (κ2) is 10.2. The van der Waals surface area contributed by atoms with E-state index >= 15 is 0 Å². The Bertz CT molecular complexity index is 839. The highest BCUT2D eigenvalue weighted by Crippen LogP contribution is 2.23. The molecule has 2 amide bonds. The van der Waals surface area contributed by atoms with Gasteiger partial charge in [0, 0.05) is 35.2 Å². The van der Waals surface area contributed by atoms with E-state index in [2.05, 4.69) is 15.8 Å². The molecule has 0 aromatic heterocycles. The number of rotatable bonds is 8. The number of hydrogen-bond acceptors (Lipinski definition) is 5. The number of nitrogens with one attached hydrogen (secondary N) is 2. The minimum absolute atomic E-state index is 0.00346. The van der Waals surface area contributed by atoms with E-state index in [0.29, 0.717) is 27.8 Å². The van der Waals surface area contributed by atoms with Crippen molar-refractivity contribution in [1.82, 2.24) is 5.43 Å². The van der Waals surface area contributed by atoms with Gasteiger partial charge in [0.05, 0.1) is 20.4 Å². The van der Waals surface area contributed by atoms with Crippen molar-refractivity contribution in [2.45, 2.75) is 12.8 Å². The normalized spacial score (nSPS) is 10.5. The summed E-state index contributed by atoms with van der Waals surface area (Å²) in [7, 11) is 3.09. The molecule has 0 bridgehead atoms. The van der Waals surface area contributed by atoms with E-state index in [4.69, 9.17) is 21.1 Å². The predicted octanol–water partition coefficient (Wildman–Crippen LogP) is 3.23. The largest absolute Gasteiger partial charge is 0.497 e. The quantitative estimate of drug-likeness (QED) is 0.536. The van der Waals surface area contributed by atoms with Crippen molar-refractivity contribution in [3.63, 3.8) is 0 Å². The minimum Gasteiger partial charge on any atom is -0.497 e. The highest BCUT2D eigenvalue weighted by molar-refractivity contribution is 6.30. The molecule has 7 nitrogen and oxygen atoms in total. The van der Waals surface area contributed by atoms with Gasteiger partial charge in [-0.2, -0.15) is 5.10 Å². The number of amides is 2. The van der Waals surface area contributed by atoms with Crippen molar-refractivity contribution >= 4 is 35.3 Å². The minimum atomic E-state index is -0.375. The van der Waals surface area contributed by atoms with Gasteiger partial charge in [-0.05, 0) is 30.3 Å². The molecule has 27 heavy (non-hydrogen) atoms. The van der Waals surface area contributed by atoms with Gasteiger partial charge in [-0.3, -0.25) is 9.59 Å². The molecule has 0 saturated heterocycles. The van der Waals surface area contributed by atoms with Crippen LogP contribution in [0.3, 0.4) is 0 Å². The average Bonchev–Trinajstić information content (AvgIpc) is 2.66. The van der Waals surface area contributed by atoms with Gasteiger partial charge in [0.25, 0.3) is 0 Å². The molecule has 2 N–H and O–H groups in total. The Morgan fingerprint density at radius 3 is 2.56 bits per heavy atom. The van der Waals surface area contributed by atoms with Crippen molar-refractivity contribution in [3.8, 4) is 11.5 Å². The lowest BCUT2D eigenvalue weighted by Crippen LogP contribution is -2.20. The van der Waals surface area contributed by atoms with E-state index in [1.807, 2.05) is 0 Å². The van der Waals surface area contributed by atoms with Crippen molar-refractivity contribution < 1.29 is 19.1 Å². The first-order chi connectivity index (χ1) is 13.0. The first kappa shape index (κ1) is 20.3. The standard InChI is InChI=1S/C19H20ClN3O4/c1-26-16-7-6-13(17(11-16)27-2)12-21-23-19(25)9-8-18(24)22-15-5-3-4-14(20)10-15/h3-7,10-12H,8-9H2,1-2H3,(H,22,24)(H,23,25). The molecule has 0 saturated carbocycles. The molecule has 2 aromatic rings. The molecule has 8 heteroatoms. The van der Waals surface area contributed by atoms with E-state index in [1.54, 1.807) is 49.6 Å². The maximum Gasteiger partial charge on any atom is 0.240 e. The molecule has 0 radical (unpaired) electrons. The lowest BCUT2D eigenvalue weighted by atomic mass is 10.2. The summed E-state index contributed by atoms with van der Waals surface area (Å²) in [6.45, 7) is 0. The molecule has 0 aliphatic heterocycles. The van der Waals surface area contributed by atoms with E-state index < -0.39 is 0 Å². The molecule has 0 atom stereocenters. The van der Waals surface area contributed by atoms with E-state index in [9.17, 15) is 9.59 Å². The summed E-state index contributed by atoms with van der Waals surface area (Å²) in [5.74, 6) is 0.556.